The van der Waals surface area contributed by atoms with E-state index >= 15 is 0 Å². The SMILES string of the molecule is CC#CC[C@@H](C/C=C\CC(=O)[C@@H](NC(=O)/C=C\C)C(C)(C)C)O[Si](c1ccccc1)(c1ccccc1)C(C)(C)C. The molecule has 0 heterocycles. The van der Waals surface area contributed by atoms with Crippen molar-refractivity contribution in [2.75, 3.05) is 0 Å². The third kappa shape index (κ3) is 8.91. The van der Waals surface area contributed by atoms with Gasteiger partial charge in [-0.15, -0.1) is 11.8 Å². The van der Waals surface area contributed by atoms with Gasteiger partial charge in [-0.2, -0.15) is 0 Å². The molecule has 0 fully saturated rings. The fourth-order valence-electron chi connectivity index (χ4n) is 5.02. The maximum Gasteiger partial charge on any atom is 0.261 e. The molecule has 0 aliphatic heterocycles. The minimum absolute atomic E-state index is 0.0144. The summed E-state index contributed by atoms with van der Waals surface area (Å²) >= 11 is 0. The van der Waals surface area contributed by atoms with Crippen LogP contribution in [0.5, 0.6) is 0 Å². The minimum Gasteiger partial charge on any atom is -0.403 e. The number of hydrogen-bond donors (Lipinski definition) is 1. The summed E-state index contributed by atoms with van der Waals surface area (Å²) in [5.41, 5.74) is -0.395. The van der Waals surface area contributed by atoms with Crippen molar-refractivity contribution in [2.45, 2.75) is 91.8 Å². The number of nitrogens with one attached hydrogen (secondary N) is 1. The van der Waals surface area contributed by atoms with E-state index in [2.05, 4.69) is 86.5 Å². The predicted molar refractivity (Wildman–Crippen MR) is 170 cm³/mol. The van der Waals surface area contributed by atoms with E-state index in [9.17, 15) is 9.59 Å². The molecule has 0 aliphatic rings. The van der Waals surface area contributed by atoms with Crippen LogP contribution in [0.15, 0.2) is 85.0 Å². The summed E-state index contributed by atoms with van der Waals surface area (Å²) in [7, 11) is -2.74. The van der Waals surface area contributed by atoms with E-state index < -0.39 is 19.8 Å². The first-order valence-electron chi connectivity index (χ1n) is 14.2. The first-order valence-corrected chi connectivity index (χ1v) is 16.1. The third-order valence-electron chi connectivity index (χ3n) is 6.94. The van der Waals surface area contributed by atoms with Gasteiger partial charge in [0.1, 0.15) is 0 Å². The Morgan fingerprint density at radius 2 is 1.48 bits per heavy atom. The Labute approximate surface area is 243 Å². The van der Waals surface area contributed by atoms with Crippen LogP contribution in [0.1, 0.15) is 74.7 Å². The maximum absolute atomic E-state index is 13.1. The lowest BCUT2D eigenvalue weighted by Crippen LogP contribution is -2.67. The standard InChI is InChI=1S/C35H47NO3Si/c1-9-11-21-28(22-18-19-27-31(37)33(34(3,4)5)36-32(38)20-10-2)39-40(35(6,7)8,29-23-14-12-15-24-29)30-25-16-13-17-26-30/h10,12-20,23-26,28,33H,21-22,27H2,1-8H3,(H,36,38)/b19-18-,20-10-/t28-,33+/m0/s1. The van der Waals surface area contributed by atoms with Crippen molar-refractivity contribution < 1.29 is 14.0 Å². The quantitative estimate of drug-likeness (QED) is 0.143. The molecule has 4 nitrogen and oxygen atoms in total. The largest absolute Gasteiger partial charge is 0.403 e. The molecule has 0 radical (unpaired) electrons. The zero-order valence-electron chi connectivity index (χ0n) is 25.6. The highest BCUT2D eigenvalue weighted by molar-refractivity contribution is 6.99. The van der Waals surface area contributed by atoms with Crippen molar-refractivity contribution >= 4 is 30.4 Å². The number of amides is 1. The first-order chi connectivity index (χ1) is 18.9. The van der Waals surface area contributed by atoms with Crippen molar-refractivity contribution in [1.29, 1.82) is 0 Å². The first kappa shape index (κ1) is 33.0. The van der Waals surface area contributed by atoms with Gasteiger partial charge in [-0.1, -0.05) is 120 Å². The average Bonchev–Trinajstić information content (AvgIpc) is 2.90. The highest BCUT2D eigenvalue weighted by Crippen LogP contribution is 2.38. The molecular formula is C35H47NO3Si. The van der Waals surface area contributed by atoms with E-state index in [1.165, 1.54) is 16.4 Å². The molecule has 40 heavy (non-hydrogen) atoms. The summed E-state index contributed by atoms with van der Waals surface area (Å²) in [5.74, 6) is 6.00. The smallest absolute Gasteiger partial charge is 0.261 e. The van der Waals surface area contributed by atoms with Crippen LogP contribution in [0.25, 0.3) is 0 Å². The van der Waals surface area contributed by atoms with E-state index in [1.54, 1.807) is 13.0 Å². The Bertz CT molecular complexity index is 1170. The molecule has 0 aliphatic carbocycles. The van der Waals surface area contributed by atoms with E-state index in [-0.39, 0.29) is 29.3 Å². The summed E-state index contributed by atoms with van der Waals surface area (Å²) in [6.45, 7) is 16.3. The lowest BCUT2D eigenvalue weighted by Gasteiger charge is -2.45. The summed E-state index contributed by atoms with van der Waals surface area (Å²) < 4.78 is 7.30. The molecule has 1 N–H and O–H groups in total. The van der Waals surface area contributed by atoms with Gasteiger partial charge < -0.3 is 9.74 Å². The van der Waals surface area contributed by atoms with Gasteiger partial charge in [0, 0.05) is 12.8 Å². The van der Waals surface area contributed by atoms with Gasteiger partial charge in [-0.3, -0.25) is 9.59 Å². The molecule has 0 saturated carbocycles. The highest BCUT2D eigenvalue weighted by Gasteiger charge is 2.51. The number of benzene rings is 2. The predicted octanol–water partition coefficient (Wildman–Crippen LogP) is 6.36. The second-order valence-corrected chi connectivity index (χ2v) is 16.5. The van der Waals surface area contributed by atoms with E-state index in [0.29, 0.717) is 12.8 Å². The van der Waals surface area contributed by atoms with Crippen LogP contribution >= 0.6 is 0 Å². The molecular weight excluding hydrogens is 510 g/mol. The van der Waals surface area contributed by atoms with Gasteiger partial charge in [0.25, 0.3) is 8.32 Å². The van der Waals surface area contributed by atoms with Crippen LogP contribution in [-0.2, 0) is 14.0 Å². The molecule has 5 heteroatoms. The molecule has 2 rings (SSSR count). The van der Waals surface area contributed by atoms with Gasteiger partial charge >= 0.3 is 0 Å². The van der Waals surface area contributed by atoms with Crippen molar-refractivity contribution in [3.8, 4) is 11.8 Å². The molecule has 0 saturated heterocycles. The van der Waals surface area contributed by atoms with Gasteiger partial charge in [0.2, 0.25) is 5.91 Å². The number of rotatable bonds is 12. The molecule has 2 aromatic carbocycles. The van der Waals surface area contributed by atoms with Crippen LogP contribution in [0, 0.1) is 17.3 Å². The monoisotopic (exact) mass is 557 g/mol. The number of hydrogen-bond acceptors (Lipinski definition) is 3. The molecule has 0 aromatic heterocycles. The van der Waals surface area contributed by atoms with E-state index in [1.807, 2.05) is 52.0 Å². The van der Waals surface area contributed by atoms with Crippen molar-refractivity contribution in [3.05, 3.63) is 85.0 Å². The van der Waals surface area contributed by atoms with Crippen molar-refractivity contribution in [2.24, 2.45) is 5.41 Å². The summed E-state index contributed by atoms with van der Waals surface area (Å²) in [5, 5.41) is 5.19. The van der Waals surface area contributed by atoms with Crippen LogP contribution in [-0.4, -0.2) is 32.2 Å². The Morgan fingerprint density at radius 3 is 1.93 bits per heavy atom. The molecule has 0 unspecified atom stereocenters. The van der Waals surface area contributed by atoms with Gasteiger partial charge in [-0.05, 0) is 47.2 Å². The van der Waals surface area contributed by atoms with Gasteiger partial charge in [-0.25, -0.2) is 0 Å². The van der Waals surface area contributed by atoms with Crippen LogP contribution in [0.2, 0.25) is 5.04 Å². The number of allylic oxidation sites excluding steroid dienone is 2. The topological polar surface area (TPSA) is 55.4 Å². The third-order valence-corrected chi connectivity index (χ3v) is 12.0. The molecule has 0 spiro atoms. The fourth-order valence-corrected chi connectivity index (χ4v) is 9.71. The van der Waals surface area contributed by atoms with Crippen molar-refractivity contribution in [3.63, 3.8) is 0 Å². The fraction of sp³-hybridized carbons (Fsp3) is 0.429. The van der Waals surface area contributed by atoms with Crippen LogP contribution in [0.3, 0.4) is 0 Å². The zero-order valence-corrected chi connectivity index (χ0v) is 26.6. The van der Waals surface area contributed by atoms with Gasteiger partial charge in [0.05, 0.1) is 12.1 Å². The highest BCUT2D eigenvalue weighted by atomic mass is 28.4. The second-order valence-electron chi connectivity index (χ2n) is 12.2. The Hall–Kier alpha value is -3.20. The van der Waals surface area contributed by atoms with E-state index in [0.717, 1.165) is 0 Å². The maximum atomic E-state index is 13.1. The lowest BCUT2D eigenvalue weighted by atomic mass is 9.83. The Kier molecular flexibility index (Phi) is 12.4. The zero-order chi connectivity index (χ0) is 29.8. The average molecular weight is 558 g/mol. The van der Waals surface area contributed by atoms with Gasteiger partial charge in [0.15, 0.2) is 5.78 Å². The lowest BCUT2D eigenvalue weighted by molar-refractivity contribution is -0.127. The number of carbonyl (C=O) groups excluding carboxylic acids is 2. The molecule has 2 aromatic rings. The second kappa shape index (κ2) is 15.0. The molecule has 214 valence electrons. The molecule has 0 bridgehead atoms. The molecule has 2 atom stereocenters. The Morgan fingerprint density at radius 1 is 0.925 bits per heavy atom. The van der Waals surface area contributed by atoms with Crippen LogP contribution < -0.4 is 15.7 Å². The van der Waals surface area contributed by atoms with E-state index in [4.69, 9.17) is 4.43 Å². The number of carbonyl (C=O) groups is 2. The molecule has 1 amide bonds. The van der Waals surface area contributed by atoms with Crippen molar-refractivity contribution in [1.82, 2.24) is 5.32 Å². The summed E-state index contributed by atoms with van der Waals surface area (Å²) in [6.07, 6.45) is 8.39. The number of Topliss-reactive ketones (excluding diaryl/α,β-unsaturated/α-hetero) is 1. The summed E-state index contributed by atoms with van der Waals surface area (Å²) in [4.78, 5) is 25.3. The summed E-state index contributed by atoms with van der Waals surface area (Å²) in [6, 6.07) is 20.6. The van der Waals surface area contributed by atoms with Crippen LogP contribution in [0.4, 0.5) is 0 Å². The normalized spacial score (nSPS) is 14.0. The minimum atomic E-state index is -2.74. The Balaban J connectivity index is 2.36. The number of ketones is 1.